The molecular weight excluding hydrogens is 392 g/mol. The monoisotopic (exact) mass is 408 g/mol. The zero-order chi connectivity index (χ0) is 20.5. The molecule has 29 heavy (non-hydrogen) atoms. The first-order valence-electron chi connectivity index (χ1n) is 8.95. The lowest BCUT2D eigenvalue weighted by Crippen LogP contribution is -2.09. The third-order valence-electron chi connectivity index (χ3n) is 4.55. The Morgan fingerprint density at radius 2 is 1.90 bits per heavy atom. The number of halogens is 1. The highest BCUT2D eigenvalue weighted by atomic mass is 35.5. The van der Waals surface area contributed by atoms with Crippen LogP contribution in [0.15, 0.2) is 63.8 Å². The van der Waals surface area contributed by atoms with Crippen LogP contribution < -0.4 is 5.63 Å². The van der Waals surface area contributed by atoms with Crippen LogP contribution in [0.4, 0.5) is 0 Å². The molecule has 6 nitrogen and oxygen atoms in total. The zero-order valence-corrected chi connectivity index (χ0v) is 16.6. The number of ether oxygens (including phenoxy) is 1. The Morgan fingerprint density at radius 3 is 2.66 bits per heavy atom. The van der Waals surface area contributed by atoms with E-state index >= 15 is 0 Å². The van der Waals surface area contributed by atoms with Crippen molar-refractivity contribution in [2.24, 2.45) is 0 Å². The van der Waals surface area contributed by atoms with Gasteiger partial charge in [-0.15, -0.1) is 0 Å². The van der Waals surface area contributed by atoms with E-state index in [1.54, 1.807) is 13.0 Å². The lowest BCUT2D eigenvalue weighted by Gasteiger charge is -2.08. The molecule has 0 aliphatic rings. The Morgan fingerprint density at radius 1 is 1.14 bits per heavy atom. The van der Waals surface area contributed by atoms with Gasteiger partial charge in [0.05, 0.1) is 11.4 Å². The van der Waals surface area contributed by atoms with E-state index in [1.807, 2.05) is 49.4 Å². The second kappa shape index (κ2) is 7.56. The van der Waals surface area contributed by atoms with Crippen molar-refractivity contribution >= 4 is 28.5 Å². The van der Waals surface area contributed by atoms with E-state index in [1.165, 1.54) is 10.7 Å². The van der Waals surface area contributed by atoms with Gasteiger partial charge < -0.3 is 9.15 Å². The first-order chi connectivity index (χ1) is 13.9. The largest absolute Gasteiger partial charge is 0.457 e. The summed E-state index contributed by atoms with van der Waals surface area (Å²) in [6.07, 6.45) is 0. The molecule has 0 atom stereocenters. The van der Waals surface area contributed by atoms with Gasteiger partial charge >= 0.3 is 11.6 Å². The third kappa shape index (κ3) is 3.67. The summed E-state index contributed by atoms with van der Waals surface area (Å²) in [7, 11) is 0. The summed E-state index contributed by atoms with van der Waals surface area (Å²) < 4.78 is 12.2. The van der Waals surface area contributed by atoms with E-state index in [9.17, 15) is 9.59 Å². The van der Waals surface area contributed by atoms with Crippen LogP contribution in [0.25, 0.3) is 16.7 Å². The molecule has 0 saturated carbocycles. The fraction of sp³-hybridized carbons (Fsp3) is 0.136. The van der Waals surface area contributed by atoms with Gasteiger partial charge in [0.2, 0.25) is 0 Å². The Balaban J connectivity index is 1.63. The van der Waals surface area contributed by atoms with Crippen molar-refractivity contribution in [1.29, 1.82) is 0 Å². The SMILES string of the molecule is Cc1ccc2c(COC(=O)c3c(C)nn(-c4ccccc4)c3Cl)cc(=O)oc2c1. The van der Waals surface area contributed by atoms with E-state index in [0.29, 0.717) is 22.2 Å². The van der Waals surface area contributed by atoms with Gasteiger partial charge in [-0.25, -0.2) is 14.3 Å². The highest BCUT2D eigenvalue weighted by Crippen LogP contribution is 2.25. The molecule has 0 N–H and O–H groups in total. The maximum absolute atomic E-state index is 12.7. The predicted molar refractivity (Wildman–Crippen MR) is 110 cm³/mol. The van der Waals surface area contributed by atoms with Crippen molar-refractivity contribution in [1.82, 2.24) is 9.78 Å². The molecule has 0 radical (unpaired) electrons. The van der Waals surface area contributed by atoms with Crippen molar-refractivity contribution in [3.63, 3.8) is 0 Å². The minimum atomic E-state index is -0.608. The molecule has 7 heteroatoms. The number of hydrogen-bond acceptors (Lipinski definition) is 5. The number of fused-ring (bicyclic) bond motifs is 1. The summed E-state index contributed by atoms with van der Waals surface area (Å²) in [4.78, 5) is 24.6. The summed E-state index contributed by atoms with van der Waals surface area (Å²) >= 11 is 6.41. The molecule has 4 aromatic rings. The van der Waals surface area contributed by atoms with Crippen LogP contribution >= 0.6 is 11.6 Å². The zero-order valence-electron chi connectivity index (χ0n) is 15.8. The Bertz CT molecular complexity index is 1280. The number of nitrogens with zero attached hydrogens (tertiary/aromatic N) is 2. The summed E-state index contributed by atoms with van der Waals surface area (Å²) in [6.45, 7) is 3.51. The fourth-order valence-corrected chi connectivity index (χ4v) is 3.49. The van der Waals surface area contributed by atoms with Gasteiger partial charge in [-0.05, 0) is 37.6 Å². The normalized spacial score (nSPS) is 11.0. The molecule has 0 fully saturated rings. The number of aromatic nitrogens is 2. The molecule has 2 heterocycles. The third-order valence-corrected chi connectivity index (χ3v) is 4.90. The molecule has 2 aromatic carbocycles. The number of rotatable bonds is 4. The first kappa shape index (κ1) is 19.0. The van der Waals surface area contributed by atoms with Crippen LogP contribution in [0, 0.1) is 13.8 Å². The quantitative estimate of drug-likeness (QED) is 0.364. The van der Waals surface area contributed by atoms with Gasteiger partial charge in [-0.2, -0.15) is 5.10 Å². The van der Waals surface area contributed by atoms with E-state index < -0.39 is 11.6 Å². The van der Waals surface area contributed by atoms with Gasteiger partial charge in [0, 0.05) is 17.0 Å². The minimum absolute atomic E-state index is 0.0870. The molecule has 2 aromatic heterocycles. The highest BCUT2D eigenvalue weighted by molar-refractivity contribution is 6.33. The van der Waals surface area contributed by atoms with E-state index in [4.69, 9.17) is 20.8 Å². The number of carbonyl (C=O) groups excluding carboxylic acids is 1. The lowest BCUT2D eigenvalue weighted by atomic mass is 10.1. The molecule has 0 aliphatic heterocycles. The van der Waals surface area contributed by atoms with Crippen LogP contribution in [0.3, 0.4) is 0 Å². The van der Waals surface area contributed by atoms with Crippen LogP contribution in [0.5, 0.6) is 0 Å². The minimum Gasteiger partial charge on any atom is -0.457 e. The average molecular weight is 409 g/mol. The molecule has 0 bridgehead atoms. The lowest BCUT2D eigenvalue weighted by molar-refractivity contribution is 0.0473. The molecule has 146 valence electrons. The second-order valence-electron chi connectivity index (χ2n) is 6.66. The van der Waals surface area contributed by atoms with Crippen LogP contribution in [0.2, 0.25) is 5.15 Å². The molecule has 0 unspecified atom stereocenters. The smallest absolute Gasteiger partial charge is 0.343 e. The first-order valence-corrected chi connectivity index (χ1v) is 9.33. The number of hydrogen-bond donors (Lipinski definition) is 0. The average Bonchev–Trinajstić information content (AvgIpc) is 3.00. The van der Waals surface area contributed by atoms with E-state index in [-0.39, 0.29) is 17.3 Å². The van der Waals surface area contributed by atoms with Crippen molar-refractivity contribution in [2.45, 2.75) is 20.5 Å². The van der Waals surface area contributed by atoms with Gasteiger partial charge in [0.25, 0.3) is 0 Å². The summed E-state index contributed by atoms with van der Waals surface area (Å²) in [5, 5.41) is 5.24. The van der Waals surface area contributed by atoms with Crippen LogP contribution in [-0.4, -0.2) is 15.7 Å². The standard InChI is InChI=1S/C22H17ClN2O4/c1-13-8-9-17-15(11-19(26)29-18(17)10-13)12-28-22(27)20-14(2)24-25(21(20)23)16-6-4-3-5-7-16/h3-11H,12H2,1-2H3. The van der Waals surface area contributed by atoms with E-state index in [0.717, 1.165) is 11.3 Å². The van der Waals surface area contributed by atoms with Crippen molar-refractivity contribution in [2.75, 3.05) is 0 Å². The van der Waals surface area contributed by atoms with E-state index in [2.05, 4.69) is 5.10 Å². The summed E-state index contributed by atoms with van der Waals surface area (Å²) in [5.74, 6) is -0.608. The van der Waals surface area contributed by atoms with Crippen LogP contribution in [-0.2, 0) is 11.3 Å². The van der Waals surface area contributed by atoms with Gasteiger partial charge in [0.1, 0.15) is 22.9 Å². The number of para-hydroxylation sites is 1. The topological polar surface area (TPSA) is 74.3 Å². The number of aryl methyl sites for hydroxylation is 2. The Hall–Kier alpha value is -3.38. The summed E-state index contributed by atoms with van der Waals surface area (Å²) in [5.41, 5.74) is 2.87. The van der Waals surface area contributed by atoms with Crippen molar-refractivity contribution in [3.05, 3.63) is 92.6 Å². The fourth-order valence-electron chi connectivity index (χ4n) is 3.14. The maximum atomic E-state index is 12.7. The Kier molecular flexibility index (Phi) is 4.94. The molecule has 0 saturated heterocycles. The maximum Gasteiger partial charge on any atom is 0.343 e. The van der Waals surface area contributed by atoms with Crippen molar-refractivity contribution in [3.8, 4) is 5.69 Å². The number of esters is 1. The highest BCUT2D eigenvalue weighted by Gasteiger charge is 2.23. The number of carbonyl (C=O) groups is 1. The molecule has 0 aliphatic carbocycles. The molecule has 0 amide bonds. The van der Waals surface area contributed by atoms with Gasteiger partial charge in [-0.1, -0.05) is 41.9 Å². The van der Waals surface area contributed by atoms with Gasteiger partial charge in [0.15, 0.2) is 0 Å². The number of benzene rings is 2. The van der Waals surface area contributed by atoms with Crippen LogP contribution in [0.1, 0.15) is 27.2 Å². The summed E-state index contributed by atoms with van der Waals surface area (Å²) in [6, 6.07) is 16.1. The Labute approximate surface area is 171 Å². The van der Waals surface area contributed by atoms with Gasteiger partial charge in [-0.3, -0.25) is 0 Å². The molecule has 0 spiro atoms. The second-order valence-corrected chi connectivity index (χ2v) is 7.02. The predicted octanol–water partition coefficient (Wildman–Crippen LogP) is 4.61. The molecular formula is C22H17ClN2O4. The molecule has 4 rings (SSSR count). The van der Waals surface area contributed by atoms with Crippen molar-refractivity contribution < 1.29 is 13.9 Å².